The Labute approximate surface area is 90.0 Å². The lowest BCUT2D eigenvalue weighted by Crippen LogP contribution is -2.25. The summed E-state index contributed by atoms with van der Waals surface area (Å²) in [4.78, 5) is 0. The number of benzene rings is 1. The molecule has 1 aromatic carbocycles. The summed E-state index contributed by atoms with van der Waals surface area (Å²) in [6.07, 6.45) is 3.89. The lowest BCUT2D eigenvalue weighted by molar-refractivity contribution is 0.598. The first-order chi connectivity index (χ1) is 7.22. The van der Waals surface area contributed by atoms with Crippen LogP contribution in [0.15, 0.2) is 23.8 Å². The van der Waals surface area contributed by atoms with Gasteiger partial charge >= 0.3 is 0 Å². The van der Waals surface area contributed by atoms with Crippen LogP contribution in [0.1, 0.15) is 24.5 Å². The van der Waals surface area contributed by atoms with Gasteiger partial charge in [0.25, 0.3) is 0 Å². The Morgan fingerprint density at radius 1 is 1.33 bits per heavy atom. The van der Waals surface area contributed by atoms with E-state index in [0.717, 1.165) is 24.0 Å². The van der Waals surface area contributed by atoms with Crippen LogP contribution in [0.5, 0.6) is 0 Å². The molecule has 0 spiro atoms. The standard InChI is InChI=1S/C13H16FN/c1-9(15-2)10-6-7-12-11(8-10)4-3-5-13(12)14/h3-5,8-9,15H,6-7H2,1-2H3. The van der Waals surface area contributed by atoms with Crippen LogP contribution in [0.3, 0.4) is 0 Å². The number of halogens is 1. The highest BCUT2D eigenvalue weighted by molar-refractivity contribution is 5.60. The average molecular weight is 205 g/mol. The largest absolute Gasteiger partial charge is 0.314 e. The summed E-state index contributed by atoms with van der Waals surface area (Å²) in [6.45, 7) is 2.14. The van der Waals surface area contributed by atoms with Crippen molar-refractivity contribution in [3.05, 3.63) is 40.7 Å². The molecule has 1 atom stereocenters. The van der Waals surface area contributed by atoms with Gasteiger partial charge in [0.15, 0.2) is 0 Å². The van der Waals surface area contributed by atoms with Crippen molar-refractivity contribution in [2.24, 2.45) is 0 Å². The van der Waals surface area contributed by atoms with Crippen molar-refractivity contribution < 1.29 is 4.39 Å². The van der Waals surface area contributed by atoms with E-state index in [1.54, 1.807) is 12.1 Å². The van der Waals surface area contributed by atoms with E-state index < -0.39 is 0 Å². The lowest BCUT2D eigenvalue weighted by Gasteiger charge is -2.21. The molecule has 0 radical (unpaired) electrons. The third kappa shape index (κ3) is 1.95. The highest BCUT2D eigenvalue weighted by Crippen LogP contribution is 2.27. The van der Waals surface area contributed by atoms with Crippen molar-refractivity contribution in [3.63, 3.8) is 0 Å². The van der Waals surface area contributed by atoms with E-state index >= 15 is 0 Å². The number of hydrogen-bond donors (Lipinski definition) is 1. The minimum absolute atomic E-state index is 0.0695. The van der Waals surface area contributed by atoms with Gasteiger partial charge in [0, 0.05) is 6.04 Å². The zero-order valence-corrected chi connectivity index (χ0v) is 9.18. The minimum Gasteiger partial charge on any atom is -0.314 e. The Hall–Kier alpha value is -1.15. The molecule has 1 nitrogen and oxygen atoms in total. The van der Waals surface area contributed by atoms with Crippen molar-refractivity contribution in [1.82, 2.24) is 5.32 Å². The fraction of sp³-hybridized carbons (Fsp3) is 0.385. The van der Waals surface area contributed by atoms with Gasteiger partial charge in [0.1, 0.15) is 5.82 Å². The second-order valence-electron chi connectivity index (χ2n) is 4.04. The number of likely N-dealkylation sites (N-methyl/N-ethyl adjacent to an activating group) is 1. The summed E-state index contributed by atoms with van der Waals surface area (Å²) in [5.41, 5.74) is 3.26. The van der Waals surface area contributed by atoms with E-state index in [4.69, 9.17) is 0 Å². The molecule has 2 rings (SSSR count). The van der Waals surface area contributed by atoms with E-state index in [0.29, 0.717) is 6.04 Å². The molecule has 1 N–H and O–H groups in total. The number of hydrogen-bond acceptors (Lipinski definition) is 1. The first-order valence-corrected chi connectivity index (χ1v) is 5.37. The molecule has 1 aliphatic carbocycles. The van der Waals surface area contributed by atoms with Crippen LogP contribution in [0.4, 0.5) is 4.39 Å². The van der Waals surface area contributed by atoms with Gasteiger partial charge in [0.05, 0.1) is 0 Å². The van der Waals surface area contributed by atoms with Crippen LogP contribution >= 0.6 is 0 Å². The minimum atomic E-state index is -0.0695. The molecule has 1 unspecified atom stereocenters. The van der Waals surface area contributed by atoms with Gasteiger partial charge in [-0.1, -0.05) is 23.8 Å². The van der Waals surface area contributed by atoms with Crippen molar-refractivity contribution >= 4 is 6.08 Å². The van der Waals surface area contributed by atoms with E-state index in [-0.39, 0.29) is 5.82 Å². The zero-order chi connectivity index (χ0) is 10.8. The Morgan fingerprint density at radius 3 is 2.87 bits per heavy atom. The molecular formula is C13H16FN. The van der Waals surface area contributed by atoms with Crippen LogP contribution in [0.2, 0.25) is 0 Å². The molecule has 0 saturated carbocycles. The van der Waals surface area contributed by atoms with Gasteiger partial charge < -0.3 is 5.32 Å². The number of fused-ring (bicyclic) bond motifs is 1. The predicted octanol–water partition coefficient (Wildman–Crippen LogP) is 2.76. The topological polar surface area (TPSA) is 12.0 Å². The molecule has 1 aromatic rings. The van der Waals surface area contributed by atoms with Crippen molar-refractivity contribution in [2.75, 3.05) is 7.05 Å². The molecule has 0 fully saturated rings. The van der Waals surface area contributed by atoms with E-state index in [9.17, 15) is 4.39 Å². The summed E-state index contributed by atoms with van der Waals surface area (Å²) < 4.78 is 13.4. The normalized spacial score (nSPS) is 16.9. The zero-order valence-electron chi connectivity index (χ0n) is 9.18. The third-order valence-electron chi connectivity index (χ3n) is 3.15. The van der Waals surface area contributed by atoms with Crippen molar-refractivity contribution in [1.29, 1.82) is 0 Å². The third-order valence-corrected chi connectivity index (χ3v) is 3.15. The van der Waals surface area contributed by atoms with Gasteiger partial charge in [-0.3, -0.25) is 0 Å². The van der Waals surface area contributed by atoms with Gasteiger partial charge in [-0.2, -0.15) is 0 Å². The van der Waals surface area contributed by atoms with Gasteiger partial charge in [-0.25, -0.2) is 4.39 Å². The highest BCUT2D eigenvalue weighted by Gasteiger charge is 2.16. The van der Waals surface area contributed by atoms with Crippen LogP contribution in [0.25, 0.3) is 6.08 Å². The fourth-order valence-corrected chi connectivity index (χ4v) is 2.04. The average Bonchev–Trinajstić information content (AvgIpc) is 2.28. The second kappa shape index (κ2) is 4.15. The molecule has 0 bridgehead atoms. The van der Waals surface area contributed by atoms with E-state index in [1.165, 1.54) is 5.57 Å². The maximum Gasteiger partial charge on any atom is 0.127 e. The molecule has 2 heteroatoms. The van der Waals surface area contributed by atoms with Crippen LogP contribution < -0.4 is 5.32 Å². The van der Waals surface area contributed by atoms with Crippen molar-refractivity contribution in [2.45, 2.75) is 25.8 Å². The lowest BCUT2D eigenvalue weighted by atomic mass is 9.89. The van der Waals surface area contributed by atoms with E-state index in [2.05, 4.69) is 18.3 Å². The molecule has 0 heterocycles. The van der Waals surface area contributed by atoms with Crippen LogP contribution in [0, 0.1) is 5.82 Å². The molecule has 0 amide bonds. The first kappa shape index (κ1) is 10.4. The molecule has 0 saturated heterocycles. The quantitative estimate of drug-likeness (QED) is 0.782. The maximum absolute atomic E-state index is 13.4. The Balaban J connectivity index is 2.37. The summed E-state index contributed by atoms with van der Waals surface area (Å²) >= 11 is 0. The number of rotatable bonds is 2. The Bertz CT molecular complexity index is 396. The summed E-state index contributed by atoms with van der Waals surface area (Å²) in [5.74, 6) is -0.0695. The van der Waals surface area contributed by atoms with Gasteiger partial charge in [0.2, 0.25) is 0 Å². The number of nitrogens with one attached hydrogen (secondary N) is 1. The summed E-state index contributed by atoms with van der Waals surface area (Å²) in [5, 5.41) is 3.22. The first-order valence-electron chi connectivity index (χ1n) is 5.37. The highest BCUT2D eigenvalue weighted by atomic mass is 19.1. The predicted molar refractivity (Wildman–Crippen MR) is 61.2 cm³/mol. The summed E-state index contributed by atoms with van der Waals surface area (Å²) in [6, 6.07) is 5.68. The van der Waals surface area contributed by atoms with Crippen LogP contribution in [-0.4, -0.2) is 13.1 Å². The smallest absolute Gasteiger partial charge is 0.127 e. The monoisotopic (exact) mass is 205 g/mol. The van der Waals surface area contributed by atoms with Gasteiger partial charge in [-0.15, -0.1) is 0 Å². The molecule has 1 aliphatic rings. The van der Waals surface area contributed by atoms with Crippen molar-refractivity contribution in [3.8, 4) is 0 Å². The molecule has 0 aliphatic heterocycles. The Kier molecular flexibility index (Phi) is 2.87. The van der Waals surface area contributed by atoms with E-state index in [1.807, 2.05) is 13.1 Å². The molecule has 15 heavy (non-hydrogen) atoms. The molecule has 80 valence electrons. The SMILES string of the molecule is CNC(C)C1=Cc2cccc(F)c2CC1. The van der Waals surface area contributed by atoms with Crippen LogP contribution in [-0.2, 0) is 6.42 Å². The fourth-order valence-electron chi connectivity index (χ4n) is 2.04. The molecular weight excluding hydrogens is 189 g/mol. The second-order valence-corrected chi connectivity index (χ2v) is 4.04. The Morgan fingerprint density at radius 2 is 2.13 bits per heavy atom. The van der Waals surface area contributed by atoms with Gasteiger partial charge in [-0.05, 0) is 44.0 Å². The molecule has 0 aromatic heterocycles. The maximum atomic E-state index is 13.4. The summed E-state index contributed by atoms with van der Waals surface area (Å²) in [7, 11) is 1.95.